The molecule has 1 heterocycles. The Bertz CT molecular complexity index is 370. The first-order chi connectivity index (χ1) is 7.95. The van der Waals surface area contributed by atoms with Crippen molar-refractivity contribution in [1.82, 2.24) is 5.32 Å². The normalized spacial score (nSPS) is 12.8. The van der Waals surface area contributed by atoms with E-state index in [1.807, 2.05) is 33.8 Å². The van der Waals surface area contributed by atoms with E-state index in [1.165, 1.54) is 4.88 Å². The average Bonchev–Trinajstić information content (AvgIpc) is 2.55. The van der Waals surface area contributed by atoms with Gasteiger partial charge in [-0.1, -0.05) is 0 Å². The highest BCUT2D eigenvalue weighted by Crippen LogP contribution is 2.31. The number of hydrogen-bond acceptors (Lipinski definition) is 4. The van der Waals surface area contributed by atoms with Gasteiger partial charge in [0.25, 0.3) is 0 Å². The summed E-state index contributed by atoms with van der Waals surface area (Å²) in [5, 5.41) is 3.24. The molecule has 1 aromatic heterocycles. The van der Waals surface area contributed by atoms with E-state index in [0.717, 1.165) is 9.35 Å². The summed E-state index contributed by atoms with van der Waals surface area (Å²) in [5.41, 5.74) is 0. The number of thiophene rings is 1. The quantitative estimate of drug-likeness (QED) is 0.845. The third-order valence-corrected chi connectivity index (χ3v) is 4.38. The molecular weight excluding hydrogens is 302 g/mol. The second-order valence-electron chi connectivity index (χ2n) is 4.06. The van der Waals surface area contributed by atoms with Gasteiger partial charge in [-0.2, -0.15) is 0 Å². The summed E-state index contributed by atoms with van der Waals surface area (Å²) >= 11 is 5.08. The van der Waals surface area contributed by atoms with Crippen molar-refractivity contribution in [1.29, 1.82) is 0 Å². The number of hydrogen-bond donors (Lipinski definition) is 1. The van der Waals surface area contributed by atoms with Crippen LogP contribution in [0.4, 0.5) is 0 Å². The van der Waals surface area contributed by atoms with E-state index in [1.54, 1.807) is 11.3 Å². The third-order valence-electron chi connectivity index (χ3n) is 2.18. The fourth-order valence-corrected chi connectivity index (χ4v) is 3.06. The number of carbonyl (C=O) groups is 1. The van der Waals surface area contributed by atoms with Crippen molar-refractivity contribution in [2.75, 3.05) is 6.61 Å². The number of nitrogens with one attached hydrogen (secondary N) is 1. The van der Waals surface area contributed by atoms with Crippen molar-refractivity contribution in [2.45, 2.75) is 39.8 Å². The zero-order chi connectivity index (χ0) is 13.0. The Kier molecular flexibility index (Phi) is 5.62. The number of halogens is 1. The molecule has 1 N–H and O–H groups in total. The summed E-state index contributed by atoms with van der Waals surface area (Å²) in [4.78, 5) is 14.1. The molecule has 17 heavy (non-hydrogen) atoms. The third kappa shape index (κ3) is 4.08. The number of ether oxygens (including phenoxy) is 1. The van der Waals surface area contributed by atoms with Gasteiger partial charge in [0.05, 0.1) is 6.61 Å². The molecule has 1 unspecified atom stereocenters. The Morgan fingerprint density at radius 1 is 1.59 bits per heavy atom. The van der Waals surface area contributed by atoms with Gasteiger partial charge in [-0.3, -0.25) is 5.32 Å². The standard InChI is InChI=1S/C12H18BrNO2S/c1-5-16-12(15)11(14-7(2)3)10-6-9(13)8(4)17-10/h6-7,11,14H,5H2,1-4H3. The van der Waals surface area contributed by atoms with Crippen LogP contribution < -0.4 is 5.32 Å². The first-order valence-electron chi connectivity index (χ1n) is 5.64. The molecule has 3 nitrogen and oxygen atoms in total. The van der Waals surface area contributed by atoms with Crippen molar-refractivity contribution >= 4 is 33.2 Å². The maximum Gasteiger partial charge on any atom is 0.328 e. The first-order valence-corrected chi connectivity index (χ1v) is 7.25. The number of carbonyl (C=O) groups excluding carboxylic acids is 1. The highest BCUT2D eigenvalue weighted by atomic mass is 79.9. The second-order valence-corrected chi connectivity index (χ2v) is 6.20. The van der Waals surface area contributed by atoms with E-state index < -0.39 is 0 Å². The molecule has 1 atom stereocenters. The van der Waals surface area contributed by atoms with Gasteiger partial charge in [0.15, 0.2) is 0 Å². The molecule has 0 aliphatic heterocycles. The molecule has 0 amide bonds. The lowest BCUT2D eigenvalue weighted by Crippen LogP contribution is -2.34. The molecule has 0 fully saturated rings. The summed E-state index contributed by atoms with van der Waals surface area (Å²) in [6.07, 6.45) is 0. The molecule has 0 saturated heterocycles. The predicted octanol–water partition coefficient (Wildman–Crippen LogP) is 3.42. The highest BCUT2D eigenvalue weighted by Gasteiger charge is 2.24. The number of rotatable bonds is 5. The molecule has 1 rings (SSSR count). The molecule has 0 aromatic carbocycles. The van der Waals surface area contributed by atoms with Crippen LogP contribution in [0.3, 0.4) is 0 Å². The van der Waals surface area contributed by atoms with Crippen LogP contribution in [0.25, 0.3) is 0 Å². The van der Waals surface area contributed by atoms with Gasteiger partial charge in [-0.25, -0.2) is 4.79 Å². The van der Waals surface area contributed by atoms with E-state index >= 15 is 0 Å². The molecule has 5 heteroatoms. The Morgan fingerprint density at radius 2 is 2.24 bits per heavy atom. The zero-order valence-electron chi connectivity index (χ0n) is 10.5. The predicted molar refractivity (Wildman–Crippen MR) is 74.4 cm³/mol. The SMILES string of the molecule is CCOC(=O)C(NC(C)C)c1cc(Br)c(C)s1. The Balaban J connectivity index is 2.93. The van der Waals surface area contributed by atoms with Gasteiger partial charge in [-0.05, 0) is 49.7 Å². The summed E-state index contributed by atoms with van der Waals surface area (Å²) in [7, 11) is 0. The molecule has 0 aliphatic carbocycles. The van der Waals surface area contributed by atoms with Crippen LogP contribution in [0, 0.1) is 6.92 Å². The van der Waals surface area contributed by atoms with Crippen LogP contribution in [-0.2, 0) is 9.53 Å². The average molecular weight is 320 g/mol. The highest BCUT2D eigenvalue weighted by molar-refractivity contribution is 9.10. The lowest BCUT2D eigenvalue weighted by molar-refractivity contribution is -0.146. The Labute approximate surface area is 115 Å². The van der Waals surface area contributed by atoms with Gasteiger partial charge in [0, 0.05) is 20.3 Å². The van der Waals surface area contributed by atoms with Gasteiger partial charge < -0.3 is 4.74 Å². The minimum absolute atomic E-state index is 0.213. The zero-order valence-corrected chi connectivity index (χ0v) is 12.9. The summed E-state index contributed by atoms with van der Waals surface area (Å²) in [6, 6.07) is 1.84. The smallest absolute Gasteiger partial charge is 0.328 e. The van der Waals surface area contributed by atoms with Crippen LogP contribution in [0.1, 0.15) is 36.6 Å². The van der Waals surface area contributed by atoms with Crippen LogP contribution in [0.5, 0.6) is 0 Å². The largest absolute Gasteiger partial charge is 0.465 e. The minimum Gasteiger partial charge on any atom is -0.465 e. The Hall–Kier alpha value is -0.390. The van der Waals surface area contributed by atoms with Crippen molar-refractivity contribution in [3.05, 3.63) is 20.3 Å². The van der Waals surface area contributed by atoms with Gasteiger partial charge in [0.2, 0.25) is 0 Å². The molecule has 0 radical (unpaired) electrons. The lowest BCUT2D eigenvalue weighted by atomic mass is 10.2. The number of aryl methyl sites for hydroxylation is 1. The molecule has 0 saturated carbocycles. The van der Waals surface area contributed by atoms with E-state index in [2.05, 4.69) is 21.2 Å². The van der Waals surface area contributed by atoms with Crippen molar-refractivity contribution in [3.63, 3.8) is 0 Å². The monoisotopic (exact) mass is 319 g/mol. The van der Waals surface area contributed by atoms with Crippen LogP contribution >= 0.6 is 27.3 Å². The first kappa shape index (κ1) is 14.7. The van der Waals surface area contributed by atoms with E-state index in [-0.39, 0.29) is 18.1 Å². The van der Waals surface area contributed by atoms with Gasteiger partial charge in [-0.15, -0.1) is 11.3 Å². The van der Waals surface area contributed by atoms with Crippen molar-refractivity contribution < 1.29 is 9.53 Å². The van der Waals surface area contributed by atoms with E-state index in [0.29, 0.717) is 6.61 Å². The maximum absolute atomic E-state index is 11.9. The topological polar surface area (TPSA) is 38.3 Å². The van der Waals surface area contributed by atoms with Gasteiger partial charge >= 0.3 is 5.97 Å². The summed E-state index contributed by atoms with van der Waals surface area (Å²) in [5.74, 6) is -0.213. The summed E-state index contributed by atoms with van der Waals surface area (Å²) < 4.78 is 6.14. The van der Waals surface area contributed by atoms with E-state index in [9.17, 15) is 4.79 Å². The Morgan fingerprint density at radius 3 is 2.65 bits per heavy atom. The number of esters is 1. The molecular formula is C12H18BrNO2S. The maximum atomic E-state index is 11.9. The van der Waals surface area contributed by atoms with Crippen LogP contribution in [0.15, 0.2) is 10.5 Å². The molecule has 1 aromatic rings. The molecule has 0 aliphatic rings. The van der Waals surface area contributed by atoms with Gasteiger partial charge in [0.1, 0.15) is 6.04 Å². The molecule has 96 valence electrons. The van der Waals surface area contributed by atoms with Crippen molar-refractivity contribution in [3.8, 4) is 0 Å². The van der Waals surface area contributed by atoms with Crippen molar-refractivity contribution in [2.24, 2.45) is 0 Å². The fourth-order valence-electron chi connectivity index (χ4n) is 1.45. The van der Waals surface area contributed by atoms with Crippen LogP contribution in [0.2, 0.25) is 0 Å². The molecule has 0 bridgehead atoms. The summed E-state index contributed by atoms with van der Waals surface area (Å²) in [6.45, 7) is 8.28. The molecule has 0 spiro atoms. The second kappa shape index (κ2) is 6.52. The van der Waals surface area contributed by atoms with E-state index in [4.69, 9.17) is 4.74 Å². The van der Waals surface area contributed by atoms with Crippen LogP contribution in [-0.4, -0.2) is 18.6 Å². The fraction of sp³-hybridized carbons (Fsp3) is 0.583. The minimum atomic E-state index is -0.370. The lowest BCUT2D eigenvalue weighted by Gasteiger charge is -2.18.